The Labute approximate surface area is 132 Å². The quantitative estimate of drug-likeness (QED) is 0.552. The van der Waals surface area contributed by atoms with Crippen LogP contribution in [0.3, 0.4) is 0 Å². The molecule has 1 fully saturated rings. The third-order valence-electron chi connectivity index (χ3n) is 4.43. The largest absolute Gasteiger partial charge is 0.313 e. The summed E-state index contributed by atoms with van der Waals surface area (Å²) in [5.41, 5.74) is 0. The molecule has 0 saturated carbocycles. The minimum absolute atomic E-state index is 0.210. The van der Waals surface area contributed by atoms with E-state index in [4.69, 9.17) is 0 Å². The molecule has 3 nitrogen and oxygen atoms in total. The summed E-state index contributed by atoms with van der Waals surface area (Å²) in [7, 11) is -2.76. The molecule has 0 spiro atoms. The number of unbranched alkanes of at least 4 members (excludes halogenated alkanes) is 9. The second-order valence-electron chi connectivity index (χ2n) is 6.59. The maximum absolute atomic E-state index is 11.5. The van der Waals surface area contributed by atoms with Gasteiger partial charge in [-0.05, 0) is 25.8 Å². The van der Waals surface area contributed by atoms with Crippen molar-refractivity contribution in [1.29, 1.82) is 0 Å². The number of hydrogen-bond donors (Lipinski definition) is 1. The van der Waals surface area contributed by atoms with Gasteiger partial charge >= 0.3 is 0 Å². The van der Waals surface area contributed by atoms with Crippen molar-refractivity contribution in [2.45, 2.75) is 90.0 Å². The summed E-state index contributed by atoms with van der Waals surface area (Å²) >= 11 is 0. The molecule has 1 N–H and O–H groups in total. The Balaban J connectivity index is 1.84. The lowest BCUT2D eigenvalue weighted by molar-refractivity contribution is 0.466. The van der Waals surface area contributed by atoms with Crippen molar-refractivity contribution in [1.82, 2.24) is 5.32 Å². The highest BCUT2D eigenvalue weighted by atomic mass is 32.2. The van der Waals surface area contributed by atoms with Crippen LogP contribution in [0.1, 0.15) is 84.0 Å². The van der Waals surface area contributed by atoms with Gasteiger partial charge in [-0.1, -0.05) is 64.7 Å². The first-order valence-electron chi connectivity index (χ1n) is 9.08. The lowest BCUT2D eigenvalue weighted by Gasteiger charge is -2.23. The van der Waals surface area contributed by atoms with Crippen LogP contribution in [-0.2, 0) is 9.84 Å². The fraction of sp³-hybridized carbons (Fsp3) is 1.00. The first-order chi connectivity index (χ1) is 10.1. The molecule has 0 amide bonds. The Kier molecular flexibility index (Phi) is 10.4. The van der Waals surface area contributed by atoms with Crippen LogP contribution in [0.25, 0.3) is 0 Å². The van der Waals surface area contributed by atoms with Crippen LogP contribution in [0.2, 0.25) is 0 Å². The third-order valence-corrected chi connectivity index (χ3v) is 6.25. The van der Waals surface area contributed by atoms with Gasteiger partial charge in [-0.15, -0.1) is 0 Å². The zero-order chi connectivity index (χ0) is 15.4. The molecule has 1 atom stereocenters. The predicted molar refractivity (Wildman–Crippen MR) is 91.5 cm³/mol. The van der Waals surface area contributed by atoms with E-state index in [0.717, 1.165) is 19.4 Å². The van der Waals surface area contributed by atoms with Gasteiger partial charge in [-0.3, -0.25) is 0 Å². The molecule has 1 rings (SSSR count). The topological polar surface area (TPSA) is 46.2 Å². The maximum atomic E-state index is 11.5. The molecule has 0 bridgehead atoms. The van der Waals surface area contributed by atoms with E-state index < -0.39 is 9.84 Å². The Hall–Kier alpha value is -0.0900. The normalized spacial score (nSPS) is 21.5. The number of sulfone groups is 1. The Morgan fingerprint density at radius 2 is 1.48 bits per heavy atom. The summed E-state index contributed by atoms with van der Waals surface area (Å²) in [6.07, 6.45) is 15.3. The van der Waals surface area contributed by atoms with Gasteiger partial charge in [0.25, 0.3) is 0 Å². The molecule has 1 unspecified atom stereocenters. The number of nitrogens with one attached hydrogen (secondary N) is 1. The van der Waals surface area contributed by atoms with Gasteiger partial charge in [0.05, 0.1) is 11.5 Å². The van der Waals surface area contributed by atoms with Gasteiger partial charge in [0.1, 0.15) is 0 Å². The molecule has 21 heavy (non-hydrogen) atoms. The van der Waals surface area contributed by atoms with Crippen molar-refractivity contribution in [3.63, 3.8) is 0 Å². The van der Waals surface area contributed by atoms with Crippen molar-refractivity contribution < 1.29 is 8.42 Å². The molecular formula is C17H35NO2S. The van der Waals surface area contributed by atoms with E-state index in [1.165, 1.54) is 64.2 Å². The predicted octanol–water partition coefficient (Wildman–Crippen LogP) is 4.07. The summed E-state index contributed by atoms with van der Waals surface area (Å²) < 4.78 is 23.0. The second kappa shape index (κ2) is 11.5. The molecule has 1 saturated heterocycles. The fourth-order valence-corrected chi connectivity index (χ4v) is 4.77. The van der Waals surface area contributed by atoms with E-state index in [1.807, 2.05) is 0 Å². The molecule has 1 heterocycles. The van der Waals surface area contributed by atoms with Crippen LogP contribution in [0.5, 0.6) is 0 Å². The van der Waals surface area contributed by atoms with Crippen molar-refractivity contribution in [3.8, 4) is 0 Å². The van der Waals surface area contributed by atoms with Gasteiger partial charge in [0.15, 0.2) is 9.84 Å². The van der Waals surface area contributed by atoms with Crippen molar-refractivity contribution in [2.24, 2.45) is 0 Å². The lowest BCUT2D eigenvalue weighted by Crippen LogP contribution is -2.40. The van der Waals surface area contributed by atoms with Gasteiger partial charge < -0.3 is 5.32 Å². The smallest absolute Gasteiger partial charge is 0.151 e. The Bertz CT molecular complexity index is 341. The highest BCUT2D eigenvalue weighted by Gasteiger charge is 2.23. The summed E-state index contributed by atoms with van der Waals surface area (Å²) in [4.78, 5) is 0. The average molecular weight is 318 g/mol. The van der Waals surface area contributed by atoms with E-state index in [9.17, 15) is 8.42 Å². The maximum Gasteiger partial charge on any atom is 0.151 e. The van der Waals surface area contributed by atoms with Crippen molar-refractivity contribution >= 4 is 9.84 Å². The summed E-state index contributed by atoms with van der Waals surface area (Å²) in [5, 5.41) is 3.42. The molecule has 0 aromatic rings. The van der Waals surface area contributed by atoms with Gasteiger partial charge in [-0.2, -0.15) is 0 Å². The number of hydrogen-bond acceptors (Lipinski definition) is 3. The lowest BCUT2D eigenvalue weighted by atomic mass is 10.1. The zero-order valence-corrected chi connectivity index (χ0v) is 14.7. The van der Waals surface area contributed by atoms with Crippen LogP contribution < -0.4 is 5.32 Å². The van der Waals surface area contributed by atoms with Gasteiger partial charge in [-0.25, -0.2) is 8.42 Å². The van der Waals surface area contributed by atoms with Crippen LogP contribution >= 0.6 is 0 Å². The summed E-state index contributed by atoms with van der Waals surface area (Å²) in [6, 6.07) is 0.210. The standard InChI is InChI=1S/C17H35NO2S/c1-2-3-4-5-6-7-8-9-10-11-14-18-17-13-12-15-21(19,20)16-17/h17-18H,2-16H2,1H3. The van der Waals surface area contributed by atoms with E-state index in [1.54, 1.807) is 0 Å². The fourth-order valence-electron chi connectivity index (χ4n) is 3.10. The van der Waals surface area contributed by atoms with Crippen LogP contribution in [-0.4, -0.2) is 32.5 Å². The molecule has 4 heteroatoms. The van der Waals surface area contributed by atoms with E-state index in [2.05, 4.69) is 12.2 Å². The number of rotatable bonds is 12. The van der Waals surface area contributed by atoms with Crippen LogP contribution in [0.15, 0.2) is 0 Å². The highest BCUT2D eigenvalue weighted by molar-refractivity contribution is 7.91. The molecule has 1 aliphatic rings. The second-order valence-corrected chi connectivity index (χ2v) is 8.82. The van der Waals surface area contributed by atoms with Gasteiger partial charge in [0.2, 0.25) is 0 Å². The third kappa shape index (κ3) is 10.3. The average Bonchev–Trinajstić information content (AvgIpc) is 2.44. The van der Waals surface area contributed by atoms with E-state index >= 15 is 0 Å². The first-order valence-corrected chi connectivity index (χ1v) is 10.9. The minimum atomic E-state index is -2.76. The molecule has 0 aromatic carbocycles. The molecule has 0 radical (unpaired) electrons. The highest BCUT2D eigenvalue weighted by Crippen LogP contribution is 2.13. The molecule has 1 aliphatic heterocycles. The minimum Gasteiger partial charge on any atom is -0.313 e. The molecular weight excluding hydrogens is 282 g/mol. The van der Waals surface area contributed by atoms with Crippen molar-refractivity contribution in [3.05, 3.63) is 0 Å². The SMILES string of the molecule is CCCCCCCCCCCCNC1CCCS(=O)(=O)C1. The van der Waals surface area contributed by atoms with Crippen LogP contribution in [0, 0.1) is 0 Å². The summed E-state index contributed by atoms with van der Waals surface area (Å²) in [5.74, 6) is 0.744. The molecule has 0 aliphatic carbocycles. The monoisotopic (exact) mass is 317 g/mol. The van der Waals surface area contributed by atoms with Gasteiger partial charge in [0, 0.05) is 6.04 Å². The molecule has 126 valence electrons. The van der Waals surface area contributed by atoms with Crippen LogP contribution in [0.4, 0.5) is 0 Å². The van der Waals surface area contributed by atoms with E-state index in [-0.39, 0.29) is 6.04 Å². The Morgan fingerprint density at radius 1 is 0.905 bits per heavy atom. The zero-order valence-electron chi connectivity index (χ0n) is 13.9. The summed E-state index contributed by atoms with van der Waals surface area (Å²) in [6.45, 7) is 3.24. The Morgan fingerprint density at radius 3 is 2.05 bits per heavy atom. The van der Waals surface area contributed by atoms with Crippen molar-refractivity contribution in [2.75, 3.05) is 18.1 Å². The first kappa shape index (κ1) is 19.0. The molecule has 0 aromatic heterocycles. The van der Waals surface area contributed by atoms with E-state index in [0.29, 0.717) is 11.5 Å².